The Morgan fingerprint density at radius 3 is 2.55 bits per heavy atom. The van der Waals surface area contributed by atoms with E-state index in [2.05, 4.69) is 31.2 Å². The van der Waals surface area contributed by atoms with Crippen molar-refractivity contribution >= 4 is 5.91 Å². The second-order valence-electron chi connectivity index (χ2n) is 6.79. The smallest absolute Gasteiger partial charge is 0.251 e. The summed E-state index contributed by atoms with van der Waals surface area (Å²) < 4.78 is 5.52. The van der Waals surface area contributed by atoms with Crippen LogP contribution in [0.4, 0.5) is 0 Å². The predicted octanol–water partition coefficient (Wildman–Crippen LogP) is 3.35. The third-order valence-corrected chi connectivity index (χ3v) is 5.09. The normalized spacial score (nSPS) is 23.0. The Morgan fingerprint density at radius 1 is 1.18 bits per heavy atom. The minimum atomic E-state index is -0.149. The summed E-state index contributed by atoms with van der Waals surface area (Å²) in [5.74, 6) is 0.990. The van der Waals surface area contributed by atoms with Crippen molar-refractivity contribution in [3.8, 4) is 0 Å². The number of benzene rings is 1. The van der Waals surface area contributed by atoms with Gasteiger partial charge in [0.2, 0.25) is 0 Å². The van der Waals surface area contributed by atoms with Gasteiger partial charge in [-0.05, 0) is 56.9 Å². The first-order chi connectivity index (χ1) is 10.7. The number of likely N-dealkylation sites (tertiary alicyclic amines) is 1. The lowest BCUT2D eigenvalue weighted by atomic mass is 9.90. The number of rotatable bonds is 4. The molecule has 2 aliphatic rings. The first-order valence-electron chi connectivity index (χ1n) is 8.68. The van der Waals surface area contributed by atoms with Crippen LogP contribution in [0.1, 0.15) is 43.2 Å². The zero-order valence-corrected chi connectivity index (χ0v) is 13.6. The largest absolute Gasteiger partial charge is 0.368 e. The quantitative estimate of drug-likeness (QED) is 0.853. The molecule has 0 saturated carbocycles. The first kappa shape index (κ1) is 15.5. The molecule has 0 N–H and O–H groups in total. The molecule has 0 bridgehead atoms. The van der Waals surface area contributed by atoms with Crippen molar-refractivity contribution in [2.75, 3.05) is 19.7 Å². The van der Waals surface area contributed by atoms with E-state index in [4.69, 9.17) is 4.74 Å². The fraction of sp³-hybridized carbons (Fsp3) is 0.632. The van der Waals surface area contributed by atoms with Crippen LogP contribution in [0.5, 0.6) is 0 Å². The van der Waals surface area contributed by atoms with Crippen LogP contribution in [0.3, 0.4) is 0 Å². The van der Waals surface area contributed by atoms with Crippen LogP contribution in [0.15, 0.2) is 24.3 Å². The molecule has 1 atom stereocenters. The minimum absolute atomic E-state index is 0.149. The standard InChI is InChI=1S/C19H27NO2/c1-15-4-6-16(7-5-15)8-9-17-10-12-20(13-11-17)19(21)18-3-2-14-22-18/h4-7,17-18H,2-3,8-14H2,1H3. The van der Waals surface area contributed by atoms with E-state index in [0.29, 0.717) is 0 Å². The minimum Gasteiger partial charge on any atom is -0.368 e. The van der Waals surface area contributed by atoms with Gasteiger partial charge in [-0.15, -0.1) is 0 Å². The Hall–Kier alpha value is -1.35. The maximum atomic E-state index is 12.3. The molecule has 3 rings (SSSR count). The van der Waals surface area contributed by atoms with E-state index < -0.39 is 0 Å². The number of amides is 1. The number of ether oxygens (including phenoxy) is 1. The molecule has 2 saturated heterocycles. The third kappa shape index (κ3) is 3.89. The Bertz CT molecular complexity index is 483. The second kappa shape index (κ2) is 7.28. The molecule has 2 fully saturated rings. The highest BCUT2D eigenvalue weighted by Gasteiger charge is 2.30. The number of piperidine rings is 1. The summed E-state index contributed by atoms with van der Waals surface area (Å²) in [7, 11) is 0. The summed E-state index contributed by atoms with van der Waals surface area (Å²) in [6.45, 7) is 4.71. The fourth-order valence-electron chi connectivity index (χ4n) is 3.54. The highest BCUT2D eigenvalue weighted by atomic mass is 16.5. The monoisotopic (exact) mass is 301 g/mol. The first-order valence-corrected chi connectivity index (χ1v) is 8.68. The van der Waals surface area contributed by atoms with E-state index in [0.717, 1.165) is 57.7 Å². The lowest BCUT2D eigenvalue weighted by molar-refractivity contribution is -0.142. The molecule has 1 aromatic carbocycles. The lowest BCUT2D eigenvalue weighted by Gasteiger charge is -2.33. The zero-order valence-electron chi connectivity index (χ0n) is 13.6. The van der Waals surface area contributed by atoms with Crippen molar-refractivity contribution < 1.29 is 9.53 Å². The molecular formula is C19H27NO2. The van der Waals surface area contributed by atoms with Crippen LogP contribution in [-0.2, 0) is 16.0 Å². The average molecular weight is 301 g/mol. The van der Waals surface area contributed by atoms with Gasteiger partial charge in [0.25, 0.3) is 5.91 Å². The van der Waals surface area contributed by atoms with Crippen LogP contribution in [0.2, 0.25) is 0 Å². The van der Waals surface area contributed by atoms with Gasteiger partial charge in [-0.25, -0.2) is 0 Å². The summed E-state index contributed by atoms with van der Waals surface area (Å²) in [6, 6.07) is 8.87. The molecule has 1 unspecified atom stereocenters. The molecule has 0 aliphatic carbocycles. The summed E-state index contributed by atoms with van der Waals surface area (Å²) in [6.07, 6.45) is 6.48. The van der Waals surface area contributed by atoms with Gasteiger partial charge >= 0.3 is 0 Å². The van der Waals surface area contributed by atoms with Crippen molar-refractivity contribution in [3.05, 3.63) is 35.4 Å². The molecule has 2 aliphatic heterocycles. The molecule has 2 heterocycles. The van der Waals surface area contributed by atoms with Gasteiger partial charge in [-0.1, -0.05) is 29.8 Å². The van der Waals surface area contributed by atoms with Gasteiger partial charge in [-0.3, -0.25) is 4.79 Å². The van der Waals surface area contributed by atoms with E-state index in [1.54, 1.807) is 0 Å². The SMILES string of the molecule is Cc1ccc(CCC2CCN(C(=O)C3CCCO3)CC2)cc1. The highest BCUT2D eigenvalue weighted by molar-refractivity contribution is 5.81. The van der Waals surface area contributed by atoms with E-state index in [9.17, 15) is 4.79 Å². The van der Waals surface area contributed by atoms with Crippen molar-refractivity contribution in [1.82, 2.24) is 4.90 Å². The second-order valence-corrected chi connectivity index (χ2v) is 6.79. The molecule has 1 amide bonds. The summed E-state index contributed by atoms with van der Waals surface area (Å²) in [5, 5.41) is 0. The molecule has 0 aromatic heterocycles. The van der Waals surface area contributed by atoms with E-state index in [-0.39, 0.29) is 12.0 Å². The maximum Gasteiger partial charge on any atom is 0.251 e. The summed E-state index contributed by atoms with van der Waals surface area (Å²) in [4.78, 5) is 14.3. The molecular weight excluding hydrogens is 274 g/mol. The van der Waals surface area contributed by atoms with Crippen molar-refractivity contribution in [2.24, 2.45) is 5.92 Å². The third-order valence-electron chi connectivity index (χ3n) is 5.09. The zero-order chi connectivity index (χ0) is 15.4. The molecule has 3 nitrogen and oxygen atoms in total. The Morgan fingerprint density at radius 2 is 1.91 bits per heavy atom. The van der Waals surface area contributed by atoms with Crippen molar-refractivity contribution in [1.29, 1.82) is 0 Å². The average Bonchev–Trinajstić information content (AvgIpc) is 3.09. The summed E-state index contributed by atoms with van der Waals surface area (Å²) >= 11 is 0. The van der Waals surface area contributed by atoms with Crippen LogP contribution in [-0.4, -0.2) is 36.6 Å². The number of carbonyl (C=O) groups excluding carboxylic acids is 1. The number of carbonyl (C=O) groups is 1. The van der Waals surface area contributed by atoms with Crippen LogP contribution < -0.4 is 0 Å². The number of hydrogen-bond donors (Lipinski definition) is 0. The fourth-order valence-corrected chi connectivity index (χ4v) is 3.54. The van der Waals surface area contributed by atoms with Crippen molar-refractivity contribution in [3.63, 3.8) is 0 Å². The van der Waals surface area contributed by atoms with E-state index in [1.807, 2.05) is 4.90 Å². The van der Waals surface area contributed by atoms with Crippen LogP contribution in [0.25, 0.3) is 0 Å². The predicted molar refractivity (Wildman–Crippen MR) is 87.8 cm³/mol. The Kier molecular flexibility index (Phi) is 5.14. The van der Waals surface area contributed by atoms with Crippen molar-refractivity contribution in [2.45, 2.75) is 51.6 Å². The van der Waals surface area contributed by atoms with Gasteiger partial charge in [0.15, 0.2) is 0 Å². The number of nitrogens with zero attached hydrogens (tertiary/aromatic N) is 1. The van der Waals surface area contributed by atoms with Gasteiger partial charge in [-0.2, -0.15) is 0 Å². The van der Waals surface area contributed by atoms with Gasteiger partial charge in [0.05, 0.1) is 0 Å². The van der Waals surface area contributed by atoms with E-state index >= 15 is 0 Å². The molecule has 0 spiro atoms. The van der Waals surface area contributed by atoms with E-state index in [1.165, 1.54) is 17.5 Å². The number of aryl methyl sites for hydroxylation is 2. The lowest BCUT2D eigenvalue weighted by Crippen LogP contribution is -2.43. The Balaban J connectivity index is 1.41. The van der Waals surface area contributed by atoms with Gasteiger partial charge < -0.3 is 9.64 Å². The molecule has 1 aromatic rings. The highest BCUT2D eigenvalue weighted by Crippen LogP contribution is 2.24. The summed E-state index contributed by atoms with van der Waals surface area (Å²) in [5.41, 5.74) is 2.76. The molecule has 3 heteroatoms. The van der Waals surface area contributed by atoms with Crippen LogP contribution >= 0.6 is 0 Å². The molecule has 22 heavy (non-hydrogen) atoms. The topological polar surface area (TPSA) is 29.5 Å². The maximum absolute atomic E-state index is 12.3. The molecule has 120 valence electrons. The van der Waals surface area contributed by atoms with Gasteiger partial charge in [0.1, 0.15) is 6.10 Å². The van der Waals surface area contributed by atoms with Gasteiger partial charge in [0, 0.05) is 19.7 Å². The Labute approximate surface area is 133 Å². The molecule has 0 radical (unpaired) electrons. The van der Waals surface area contributed by atoms with Crippen LogP contribution in [0, 0.1) is 12.8 Å². The number of hydrogen-bond acceptors (Lipinski definition) is 2.